The molecule has 0 spiro atoms. The minimum absolute atomic E-state index is 0.0320. The molecule has 0 aromatic rings. The minimum atomic E-state index is 0.0320. The Bertz CT molecular complexity index is 295. The number of ether oxygens (including phenoxy) is 1. The Morgan fingerprint density at radius 2 is 1.45 bits per heavy atom. The molecule has 20 heavy (non-hydrogen) atoms. The van der Waals surface area contributed by atoms with Crippen LogP contribution >= 0.6 is 0 Å². The number of esters is 1. The number of hydrogen-bond acceptors (Lipinski definition) is 2. The van der Waals surface area contributed by atoms with Crippen LogP contribution in [0.4, 0.5) is 0 Å². The van der Waals surface area contributed by atoms with E-state index in [0.29, 0.717) is 0 Å². The van der Waals surface area contributed by atoms with Gasteiger partial charge in [0.2, 0.25) is 0 Å². The third kappa shape index (κ3) is 4.23. The predicted molar refractivity (Wildman–Crippen MR) is 82.4 cm³/mol. The lowest BCUT2D eigenvalue weighted by molar-refractivity contribution is -0.154. The fourth-order valence-electron chi connectivity index (χ4n) is 4.22. The third-order valence-electron chi connectivity index (χ3n) is 5.59. The van der Waals surface area contributed by atoms with Crippen LogP contribution in [0.5, 0.6) is 0 Å². The van der Waals surface area contributed by atoms with Gasteiger partial charge >= 0.3 is 5.97 Å². The summed E-state index contributed by atoms with van der Waals surface area (Å²) in [5.41, 5.74) is 0. The molecule has 0 radical (unpaired) electrons. The van der Waals surface area contributed by atoms with Crippen LogP contribution < -0.4 is 0 Å². The Morgan fingerprint density at radius 1 is 0.950 bits per heavy atom. The lowest BCUT2D eigenvalue weighted by Gasteiger charge is -2.37. The van der Waals surface area contributed by atoms with E-state index in [0.717, 1.165) is 30.6 Å². The number of rotatable bonds is 4. The first-order valence-electron chi connectivity index (χ1n) is 8.80. The van der Waals surface area contributed by atoms with Gasteiger partial charge in [0.05, 0.1) is 12.0 Å². The van der Waals surface area contributed by atoms with Gasteiger partial charge in [0.1, 0.15) is 0 Å². The van der Waals surface area contributed by atoms with E-state index in [-0.39, 0.29) is 18.0 Å². The van der Waals surface area contributed by atoms with Crippen molar-refractivity contribution in [1.82, 2.24) is 0 Å². The predicted octanol–water partition coefficient (Wildman–Crippen LogP) is 4.96. The fourth-order valence-corrected chi connectivity index (χ4v) is 4.22. The van der Waals surface area contributed by atoms with Gasteiger partial charge in [-0.3, -0.25) is 4.79 Å². The maximum Gasteiger partial charge on any atom is 0.309 e. The van der Waals surface area contributed by atoms with Crippen LogP contribution in [-0.4, -0.2) is 12.1 Å². The molecule has 0 aromatic carbocycles. The smallest absolute Gasteiger partial charge is 0.309 e. The number of carbonyl (C=O) groups is 1. The topological polar surface area (TPSA) is 26.3 Å². The molecule has 2 rings (SSSR count). The number of hydrogen-bond donors (Lipinski definition) is 0. The van der Waals surface area contributed by atoms with Gasteiger partial charge in [-0.2, -0.15) is 0 Å². The maximum atomic E-state index is 12.0. The van der Waals surface area contributed by atoms with E-state index < -0.39 is 0 Å². The van der Waals surface area contributed by atoms with Gasteiger partial charge in [-0.15, -0.1) is 0 Å². The highest BCUT2D eigenvalue weighted by Crippen LogP contribution is 2.42. The van der Waals surface area contributed by atoms with Crippen LogP contribution in [0, 0.1) is 23.7 Å². The van der Waals surface area contributed by atoms with Gasteiger partial charge in [-0.25, -0.2) is 0 Å². The van der Waals surface area contributed by atoms with E-state index in [9.17, 15) is 4.79 Å². The maximum absolute atomic E-state index is 12.0. The lowest BCUT2D eigenvalue weighted by Crippen LogP contribution is -2.29. The van der Waals surface area contributed by atoms with Crippen molar-refractivity contribution in [2.45, 2.75) is 84.7 Å². The first-order chi connectivity index (χ1) is 9.60. The quantitative estimate of drug-likeness (QED) is 0.680. The molecule has 0 aliphatic heterocycles. The van der Waals surface area contributed by atoms with Gasteiger partial charge in [0, 0.05) is 0 Å². The summed E-state index contributed by atoms with van der Waals surface area (Å²) in [5.74, 6) is 3.05. The Kier molecular flexibility index (Phi) is 5.92. The van der Waals surface area contributed by atoms with Crippen molar-refractivity contribution in [3.63, 3.8) is 0 Å². The zero-order chi connectivity index (χ0) is 14.5. The van der Waals surface area contributed by atoms with Crippen molar-refractivity contribution in [3.8, 4) is 0 Å². The molecular formula is C18H32O2. The molecule has 116 valence electrons. The average Bonchev–Trinajstić information content (AvgIpc) is 2.47. The van der Waals surface area contributed by atoms with E-state index in [2.05, 4.69) is 6.92 Å². The molecule has 0 amide bonds. The lowest BCUT2D eigenvalue weighted by atomic mass is 9.69. The molecule has 0 heterocycles. The first kappa shape index (κ1) is 15.9. The van der Waals surface area contributed by atoms with Crippen LogP contribution in [-0.2, 0) is 9.53 Å². The summed E-state index contributed by atoms with van der Waals surface area (Å²) < 4.78 is 5.36. The van der Waals surface area contributed by atoms with Crippen molar-refractivity contribution in [3.05, 3.63) is 0 Å². The van der Waals surface area contributed by atoms with E-state index in [1.165, 1.54) is 44.9 Å². The summed E-state index contributed by atoms with van der Waals surface area (Å²) in [6, 6.07) is 0. The van der Waals surface area contributed by atoms with Crippen molar-refractivity contribution in [1.29, 1.82) is 0 Å². The summed E-state index contributed by atoms with van der Waals surface area (Å²) in [4.78, 5) is 12.0. The molecule has 0 aromatic heterocycles. The monoisotopic (exact) mass is 280 g/mol. The van der Waals surface area contributed by atoms with Gasteiger partial charge < -0.3 is 4.74 Å². The molecule has 0 N–H and O–H groups in total. The number of carbonyl (C=O) groups excluding carboxylic acids is 1. The molecule has 0 atom stereocenters. The Morgan fingerprint density at radius 3 is 1.90 bits per heavy atom. The highest BCUT2D eigenvalue weighted by atomic mass is 16.5. The normalized spacial score (nSPS) is 35.0. The molecule has 2 saturated carbocycles. The molecule has 2 nitrogen and oxygen atoms in total. The van der Waals surface area contributed by atoms with Gasteiger partial charge in [0.15, 0.2) is 0 Å². The van der Waals surface area contributed by atoms with E-state index in [1.807, 2.05) is 13.8 Å². The highest BCUT2D eigenvalue weighted by Gasteiger charge is 2.33. The Hall–Kier alpha value is -0.530. The van der Waals surface area contributed by atoms with Crippen LogP contribution in [0.15, 0.2) is 0 Å². The Balaban J connectivity index is 1.73. The van der Waals surface area contributed by atoms with Crippen LogP contribution in [0.2, 0.25) is 0 Å². The molecule has 2 aliphatic carbocycles. The molecule has 2 heteroatoms. The van der Waals surface area contributed by atoms with Crippen LogP contribution in [0.3, 0.4) is 0 Å². The van der Waals surface area contributed by atoms with Crippen molar-refractivity contribution >= 4 is 5.97 Å². The van der Waals surface area contributed by atoms with Crippen molar-refractivity contribution in [2.75, 3.05) is 0 Å². The van der Waals surface area contributed by atoms with Crippen LogP contribution in [0.25, 0.3) is 0 Å². The molecule has 2 aliphatic rings. The van der Waals surface area contributed by atoms with E-state index in [4.69, 9.17) is 4.74 Å². The second-order valence-electron chi connectivity index (χ2n) is 7.29. The molecule has 2 fully saturated rings. The summed E-state index contributed by atoms with van der Waals surface area (Å²) in [6.07, 6.45) is 11.8. The molecule has 0 saturated heterocycles. The molecular weight excluding hydrogens is 248 g/mol. The zero-order valence-corrected chi connectivity index (χ0v) is 13.6. The van der Waals surface area contributed by atoms with Crippen molar-refractivity contribution in [2.24, 2.45) is 23.7 Å². The summed E-state index contributed by atoms with van der Waals surface area (Å²) in [6.45, 7) is 6.21. The SMILES string of the molecule is CCC1CCC(C2CCC(C(=O)OC(C)C)CC2)CC1. The van der Waals surface area contributed by atoms with E-state index >= 15 is 0 Å². The summed E-state index contributed by atoms with van der Waals surface area (Å²) in [5, 5.41) is 0. The average molecular weight is 280 g/mol. The third-order valence-corrected chi connectivity index (χ3v) is 5.59. The largest absolute Gasteiger partial charge is 0.463 e. The minimum Gasteiger partial charge on any atom is -0.463 e. The zero-order valence-electron chi connectivity index (χ0n) is 13.6. The van der Waals surface area contributed by atoms with Crippen molar-refractivity contribution < 1.29 is 9.53 Å². The summed E-state index contributed by atoms with van der Waals surface area (Å²) in [7, 11) is 0. The second-order valence-corrected chi connectivity index (χ2v) is 7.29. The first-order valence-corrected chi connectivity index (χ1v) is 8.80. The second kappa shape index (κ2) is 7.47. The summed E-state index contributed by atoms with van der Waals surface area (Å²) >= 11 is 0. The molecule has 0 bridgehead atoms. The fraction of sp³-hybridized carbons (Fsp3) is 0.944. The van der Waals surface area contributed by atoms with Gasteiger partial charge in [-0.1, -0.05) is 26.2 Å². The molecule has 0 unspecified atom stereocenters. The van der Waals surface area contributed by atoms with Gasteiger partial charge in [-0.05, 0) is 70.1 Å². The van der Waals surface area contributed by atoms with Gasteiger partial charge in [0.25, 0.3) is 0 Å². The van der Waals surface area contributed by atoms with Crippen LogP contribution in [0.1, 0.15) is 78.6 Å². The Labute approximate surface area is 124 Å². The van der Waals surface area contributed by atoms with E-state index in [1.54, 1.807) is 0 Å². The standard InChI is InChI=1S/C18H32O2/c1-4-14-5-7-15(8-6-14)16-9-11-17(12-10-16)18(19)20-13(2)3/h13-17H,4-12H2,1-3H3. The highest BCUT2D eigenvalue weighted by molar-refractivity contribution is 5.72.